The fraction of sp³-hybridized carbons (Fsp3) is 0.357. The SMILES string of the molecule is CNC(Cc1ncc[nH]1)c1cc(C)ccc1C. The Morgan fingerprint density at radius 1 is 1.35 bits per heavy atom. The fourth-order valence-electron chi connectivity index (χ4n) is 2.11. The molecule has 2 N–H and O–H groups in total. The summed E-state index contributed by atoms with van der Waals surface area (Å²) in [5, 5.41) is 3.36. The number of aryl methyl sites for hydroxylation is 2. The van der Waals surface area contributed by atoms with Gasteiger partial charge in [-0.25, -0.2) is 4.98 Å². The summed E-state index contributed by atoms with van der Waals surface area (Å²) >= 11 is 0. The van der Waals surface area contributed by atoms with E-state index in [4.69, 9.17) is 0 Å². The zero-order valence-corrected chi connectivity index (χ0v) is 10.6. The summed E-state index contributed by atoms with van der Waals surface area (Å²) in [6.45, 7) is 4.28. The molecule has 1 unspecified atom stereocenters. The van der Waals surface area contributed by atoms with Crippen molar-refractivity contribution in [3.8, 4) is 0 Å². The number of likely N-dealkylation sites (N-methyl/N-ethyl adjacent to an activating group) is 1. The molecule has 0 amide bonds. The lowest BCUT2D eigenvalue weighted by atomic mass is 9.96. The second kappa shape index (κ2) is 5.15. The Balaban J connectivity index is 2.25. The number of H-pyrrole nitrogens is 1. The molecule has 1 atom stereocenters. The van der Waals surface area contributed by atoms with Crippen molar-refractivity contribution in [3.05, 3.63) is 53.1 Å². The van der Waals surface area contributed by atoms with Gasteiger partial charge in [-0.05, 0) is 32.0 Å². The van der Waals surface area contributed by atoms with E-state index < -0.39 is 0 Å². The number of rotatable bonds is 4. The highest BCUT2D eigenvalue weighted by Crippen LogP contribution is 2.21. The number of nitrogens with one attached hydrogen (secondary N) is 2. The third kappa shape index (κ3) is 2.74. The summed E-state index contributed by atoms with van der Waals surface area (Å²) in [5.74, 6) is 1.02. The van der Waals surface area contributed by atoms with Crippen LogP contribution >= 0.6 is 0 Å². The molecule has 0 fully saturated rings. The van der Waals surface area contributed by atoms with Gasteiger partial charge in [0, 0.05) is 24.9 Å². The molecule has 3 nitrogen and oxygen atoms in total. The van der Waals surface area contributed by atoms with Crippen molar-refractivity contribution in [2.24, 2.45) is 0 Å². The molecule has 0 aliphatic carbocycles. The van der Waals surface area contributed by atoms with Gasteiger partial charge in [-0.15, -0.1) is 0 Å². The van der Waals surface area contributed by atoms with E-state index in [1.807, 2.05) is 13.2 Å². The molecule has 0 aliphatic rings. The zero-order valence-electron chi connectivity index (χ0n) is 10.6. The van der Waals surface area contributed by atoms with Gasteiger partial charge in [0.05, 0.1) is 0 Å². The topological polar surface area (TPSA) is 40.7 Å². The Bertz CT molecular complexity index is 474. The van der Waals surface area contributed by atoms with Crippen LogP contribution in [0.25, 0.3) is 0 Å². The zero-order chi connectivity index (χ0) is 12.3. The predicted octanol–water partition coefficient (Wildman–Crippen LogP) is 2.53. The number of imidazole rings is 1. The Kier molecular flexibility index (Phi) is 3.59. The van der Waals surface area contributed by atoms with Gasteiger partial charge in [0.1, 0.15) is 5.82 Å². The summed E-state index contributed by atoms with van der Waals surface area (Å²) in [6, 6.07) is 6.88. The van der Waals surface area contributed by atoms with E-state index in [1.54, 1.807) is 6.20 Å². The van der Waals surface area contributed by atoms with E-state index in [2.05, 4.69) is 47.3 Å². The quantitative estimate of drug-likeness (QED) is 0.845. The summed E-state index contributed by atoms with van der Waals surface area (Å²) in [5.41, 5.74) is 3.97. The van der Waals surface area contributed by atoms with Gasteiger partial charge in [-0.1, -0.05) is 23.8 Å². The van der Waals surface area contributed by atoms with Crippen LogP contribution in [0.4, 0.5) is 0 Å². The maximum Gasteiger partial charge on any atom is 0.107 e. The Morgan fingerprint density at radius 3 is 2.82 bits per heavy atom. The third-order valence-corrected chi connectivity index (χ3v) is 3.11. The first-order valence-electron chi connectivity index (χ1n) is 5.93. The number of nitrogens with zero attached hydrogens (tertiary/aromatic N) is 1. The van der Waals surface area contributed by atoms with Crippen molar-refractivity contribution >= 4 is 0 Å². The lowest BCUT2D eigenvalue weighted by Gasteiger charge is -2.18. The van der Waals surface area contributed by atoms with Gasteiger partial charge in [0.15, 0.2) is 0 Å². The number of aromatic nitrogens is 2. The van der Waals surface area contributed by atoms with Gasteiger partial charge < -0.3 is 10.3 Å². The Morgan fingerprint density at radius 2 is 2.18 bits per heavy atom. The highest BCUT2D eigenvalue weighted by atomic mass is 14.9. The molecule has 17 heavy (non-hydrogen) atoms. The molecule has 1 aromatic heterocycles. The molecule has 0 saturated carbocycles. The second-order valence-electron chi connectivity index (χ2n) is 4.44. The van der Waals surface area contributed by atoms with Crippen molar-refractivity contribution in [2.45, 2.75) is 26.3 Å². The van der Waals surface area contributed by atoms with Gasteiger partial charge in [0.25, 0.3) is 0 Å². The smallest absolute Gasteiger partial charge is 0.107 e. The lowest BCUT2D eigenvalue weighted by Crippen LogP contribution is -2.20. The normalized spacial score (nSPS) is 12.6. The largest absolute Gasteiger partial charge is 0.349 e. The van der Waals surface area contributed by atoms with Crippen molar-refractivity contribution in [3.63, 3.8) is 0 Å². The first-order chi connectivity index (χ1) is 8.20. The van der Waals surface area contributed by atoms with Crippen LogP contribution in [-0.2, 0) is 6.42 Å². The molecule has 0 radical (unpaired) electrons. The number of benzene rings is 1. The Hall–Kier alpha value is -1.61. The Labute approximate surface area is 102 Å². The summed E-state index contributed by atoms with van der Waals surface area (Å²) in [4.78, 5) is 7.44. The molecule has 3 heteroatoms. The van der Waals surface area contributed by atoms with Crippen molar-refractivity contribution < 1.29 is 0 Å². The third-order valence-electron chi connectivity index (χ3n) is 3.11. The van der Waals surface area contributed by atoms with Crippen LogP contribution in [0.5, 0.6) is 0 Å². The minimum absolute atomic E-state index is 0.307. The number of hydrogen-bond acceptors (Lipinski definition) is 2. The number of aromatic amines is 1. The van der Waals surface area contributed by atoms with Gasteiger partial charge in [0.2, 0.25) is 0 Å². The van der Waals surface area contributed by atoms with Gasteiger partial charge >= 0.3 is 0 Å². The molecular formula is C14H19N3. The molecule has 2 rings (SSSR count). The highest BCUT2D eigenvalue weighted by molar-refractivity contribution is 5.33. The minimum Gasteiger partial charge on any atom is -0.349 e. The summed E-state index contributed by atoms with van der Waals surface area (Å²) < 4.78 is 0. The molecular weight excluding hydrogens is 210 g/mol. The van der Waals surface area contributed by atoms with Crippen molar-refractivity contribution in [1.82, 2.24) is 15.3 Å². The van der Waals surface area contributed by atoms with Crippen LogP contribution in [0.3, 0.4) is 0 Å². The molecule has 0 aliphatic heterocycles. The molecule has 0 bridgehead atoms. The molecule has 0 spiro atoms. The monoisotopic (exact) mass is 229 g/mol. The lowest BCUT2D eigenvalue weighted by molar-refractivity contribution is 0.575. The van der Waals surface area contributed by atoms with Crippen LogP contribution in [0.2, 0.25) is 0 Å². The van der Waals surface area contributed by atoms with E-state index in [-0.39, 0.29) is 0 Å². The summed E-state index contributed by atoms with van der Waals surface area (Å²) in [7, 11) is 2.00. The van der Waals surface area contributed by atoms with Gasteiger partial charge in [-0.2, -0.15) is 0 Å². The molecule has 90 valence electrons. The molecule has 2 aromatic rings. The standard InChI is InChI=1S/C14H19N3/c1-10-4-5-11(2)12(8-10)13(15-3)9-14-16-6-7-17-14/h4-8,13,15H,9H2,1-3H3,(H,16,17). The predicted molar refractivity (Wildman–Crippen MR) is 70.0 cm³/mol. The van der Waals surface area contributed by atoms with E-state index in [0.29, 0.717) is 6.04 Å². The van der Waals surface area contributed by atoms with Crippen molar-refractivity contribution in [1.29, 1.82) is 0 Å². The van der Waals surface area contributed by atoms with E-state index in [1.165, 1.54) is 16.7 Å². The minimum atomic E-state index is 0.307. The van der Waals surface area contributed by atoms with Crippen LogP contribution in [-0.4, -0.2) is 17.0 Å². The highest BCUT2D eigenvalue weighted by Gasteiger charge is 2.13. The molecule has 1 heterocycles. The average molecular weight is 229 g/mol. The molecule has 0 saturated heterocycles. The van der Waals surface area contributed by atoms with Crippen LogP contribution in [0.15, 0.2) is 30.6 Å². The van der Waals surface area contributed by atoms with E-state index in [0.717, 1.165) is 12.2 Å². The average Bonchev–Trinajstić information content (AvgIpc) is 2.82. The first kappa shape index (κ1) is 11.9. The second-order valence-corrected chi connectivity index (χ2v) is 4.44. The maximum absolute atomic E-state index is 4.29. The first-order valence-corrected chi connectivity index (χ1v) is 5.93. The van der Waals surface area contributed by atoms with E-state index >= 15 is 0 Å². The fourth-order valence-corrected chi connectivity index (χ4v) is 2.11. The molecule has 1 aromatic carbocycles. The van der Waals surface area contributed by atoms with Crippen LogP contribution in [0, 0.1) is 13.8 Å². The summed E-state index contributed by atoms with van der Waals surface area (Å²) in [6.07, 6.45) is 4.55. The maximum atomic E-state index is 4.29. The number of hydrogen-bond donors (Lipinski definition) is 2. The van der Waals surface area contributed by atoms with E-state index in [9.17, 15) is 0 Å². The van der Waals surface area contributed by atoms with Crippen LogP contribution < -0.4 is 5.32 Å². The van der Waals surface area contributed by atoms with Gasteiger partial charge in [-0.3, -0.25) is 0 Å². The van der Waals surface area contributed by atoms with Crippen LogP contribution in [0.1, 0.15) is 28.6 Å². The van der Waals surface area contributed by atoms with Crippen molar-refractivity contribution in [2.75, 3.05) is 7.05 Å².